The molecule has 3 aliphatic rings. The highest BCUT2D eigenvalue weighted by atomic mass is 32.2. The average molecular weight is 409 g/mol. The van der Waals surface area contributed by atoms with Crippen molar-refractivity contribution in [3.05, 3.63) is 82.3 Å². The second kappa shape index (κ2) is 10.2. The maximum absolute atomic E-state index is 3.51. The summed E-state index contributed by atoms with van der Waals surface area (Å²) in [6.45, 7) is 7.82. The van der Waals surface area contributed by atoms with E-state index in [0.29, 0.717) is 0 Å². The summed E-state index contributed by atoms with van der Waals surface area (Å²) in [6, 6.07) is 0. The molecule has 0 bridgehead atoms. The normalized spacial score (nSPS) is 23.0. The van der Waals surface area contributed by atoms with Gasteiger partial charge in [0, 0.05) is 46.8 Å². The van der Waals surface area contributed by atoms with Crippen LogP contribution in [0.5, 0.6) is 0 Å². The lowest BCUT2D eigenvalue weighted by Crippen LogP contribution is -2.19. The van der Waals surface area contributed by atoms with E-state index in [9.17, 15) is 0 Å². The lowest BCUT2D eigenvalue weighted by atomic mass is 9.81. The smallest absolute Gasteiger partial charge is 0.0433 e. The summed E-state index contributed by atoms with van der Waals surface area (Å²) in [5.74, 6) is 1.02. The third kappa shape index (κ3) is 5.19. The monoisotopic (exact) mass is 408 g/mol. The molecule has 2 aliphatic carbocycles. The summed E-state index contributed by atoms with van der Waals surface area (Å²) in [7, 11) is 2.21. The van der Waals surface area contributed by atoms with Gasteiger partial charge in [0.1, 0.15) is 0 Å². The van der Waals surface area contributed by atoms with Gasteiger partial charge in [-0.2, -0.15) is 0 Å². The van der Waals surface area contributed by atoms with Gasteiger partial charge >= 0.3 is 0 Å². The Labute approximate surface area is 181 Å². The second-order valence-corrected chi connectivity index (χ2v) is 9.44. The molecule has 0 fully saturated rings. The molecule has 29 heavy (non-hydrogen) atoms. The number of hydrogen-bond acceptors (Lipinski definition) is 3. The van der Waals surface area contributed by atoms with Crippen molar-refractivity contribution in [1.29, 1.82) is 0 Å². The molecule has 0 saturated carbocycles. The molecule has 156 valence electrons. The first-order valence-corrected chi connectivity index (χ1v) is 12.0. The standard InChI is InChI=1S/C26H36N2S/c1-5-27-22-16-9-8-10-18-24(22)29-20-14-7-6-11-19-25-26(2,3)21-15-12-13-17-23(21)28(25)4/h6-7,9,11-12,14-16,19,27H,5,8,10,13,17-18,20H2,1-4H3/b11-6+,14-7+,25-19+. The van der Waals surface area contributed by atoms with Crippen LogP contribution in [0.3, 0.4) is 0 Å². The SMILES string of the molecule is CCNC1=C(SC/C=C/C=C/C=C2/N(C)C3=C(C=CCC3)C2(C)C)CCCC=C1. The minimum atomic E-state index is 0.0903. The molecule has 0 spiro atoms. The minimum Gasteiger partial charge on any atom is -0.385 e. The lowest BCUT2D eigenvalue weighted by molar-refractivity contribution is 0.436. The van der Waals surface area contributed by atoms with E-state index < -0.39 is 0 Å². The predicted octanol–water partition coefficient (Wildman–Crippen LogP) is 6.85. The number of allylic oxidation sites excluding steroid dienone is 11. The molecule has 1 heterocycles. The number of nitrogens with one attached hydrogen (secondary N) is 1. The van der Waals surface area contributed by atoms with Crippen LogP contribution in [0, 0.1) is 5.41 Å². The van der Waals surface area contributed by atoms with Gasteiger partial charge in [-0.15, -0.1) is 11.8 Å². The van der Waals surface area contributed by atoms with Gasteiger partial charge in [-0.05, 0) is 56.8 Å². The molecule has 0 aromatic rings. The van der Waals surface area contributed by atoms with E-state index in [1.165, 1.54) is 46.8 Å². The van der Waals surface area contributed by atoms with E-state index in [-0.39, 0.29) is 5.41 Å². The highest BCUT2D eigenvalue weighted by Gasteiger charge is 2.39. The largest absolute Gasteiger partial charge is 0.385 e. The van der Waals surface area contributed by atoms with Crippen LogP contribution in [-0.4, -0.2) is 24.2 Å². The van der Waals surface area contributed by atoms with E-state index in [0.717, 1.165) is 25.1 Å². The molecule has 1 aliphatic heterocycles. The molecule has 1 N–H and O–H groups in total. The van der Waals surface area contributed by atoms with Gasteiger partial charge in [-0.25, -0.2) is 0 Å². The molecule has 0 aromatic carbocycles. The summed E-state index contributed by atoms with van der Waals surface area (Å²) in [6.07, 6.45) is 26.2. The van der Waals surface area contributed by atoms with Crippen LogP contribution >= 0.6 is 11.8 Å². The fourth-order valence-corrected chi connectivity index (χ4v) is 5.39. The van der Waals surface area contributed by atoms with Crippen molar-refractivity contribution in [3.63, 3.8) is 0 Å². The van der Waals surface area contributed by atoms with Crippen LogP contribution in [0.15, 0.2) is 82.3 Å². The minimum absolute atomic E-state index is 0.0903. The Kier molecular flexibility index (Phi) is 7.71. The Morgan fingerprint density at radius 2 is 1.93 bits per heavy atom. The van der Waals surface area contributed by atoms with Crippen molar-refractivity contribution in [3.8, 4) is 0 Å². The summed E-state index contributed by atoms with van der Waals surface area (Å²) in [4.78, 5) is 3.90. The number of nitrogens with zero attached hydrogens (tertiary/aromatic N) is 1. The van der Waals surface area contributed by atoms with Crippen molar-refractivity contribution in [2.75, 3.05) is 19.3 Å². The number of rotatable bonds is 7. The molecule has 0 saturated heterocycles. The predicted molar refractivity (Wildman–Crippen MR) is 129 cm³/mol. The van der Waals surface area contributed by atoms with Gasteiger partial charge in [0.2, 0.25) is 0 Å². The van der Waals surface area contributed by atoms with Crippen LogP contribution < -0.4 is 5.32 Å². The first-order valence-electron chi connectivity index (χ1n) is 11.0. The van der Waals surface area contributed by atoms with Crippen molar-refractivity contribution in [1.82, 2.24) is 10.2 Å². The van der Waals surface area contributed by atoms with Crippen molar-refractivity contribution < 1.29 is 0 Å². The third-order valence-electron chi connectivity index (χ3n) is 5.92. The maximum Gasteiger partial charge on any atom is 0.0433 e. The topological polar surface area (TPSA) is 15.3 Å². The van der Waals surface area contributed by atoms with E-state index in [1.807, 2.05) is 11.8 Å². The first kappa shape index (κ1) is 21.8. The van der Waals surface area contributed by atoms with E-state index >= 15 is 0 Å². The van der Waals surface area contributed by atoms with Gasteiger partial charge in [0.05, 0.1) is 0 Å². The molecule has 0 atom stereocenters. The fraction of sp³-hybridized carbons (Fsp3) is 0.462. The highest BCUT2D eigenvalue weighted by Crippen LogP contribution is 2.49. The lowest BCUT2D eigenvalue weighted by Gasteiger charge is -2.25. The third-order valence-corrected chi connectivity index (χ3v) is 7.05. The fourth-order valence-electron chi connectivity index (χ4n) is 4.39. The van der Waals surface area contributed by atoms with Crippen LogP contribution in [0.2, 0.25) is 0 Å². The number of thioether (sulfide) groups is 1. The first-order chi connectivity index (χ1) is 14.1. The molecule has 0 radical (unpaired) electrons. The summed E-state index contributed by atoms with van der Waals surface area (Å²) >= 11 is 1.96. The summed E-state index contributed by atoms with van der Waals surface area (Å²) < 4.78 is 0. The zero-order chi connectivity index (χ0) is 20.7. The Hall–Kier alpha value is -1.87. The van der Waals surface area contributed by atoms with Crippen LogP contribution in [0.25, 0.3) is 0 Å². The molecule has 0 amide bonds. The Bertz CT molecular complexity index is 803. The Morgan fingerprint density at radius 3 is 2.72 bits per heavy atom. The molecular weight excluding hydrogens is 372 g/mol. The van der Waals surface area contributed by atoms with Gasteiger partial charge in [-0.3, -0.25) is 0 Å². The number of likely N-dealkylation sites (N-methyl/N-ethyl adjacent to an activating group) is 1. The molecule has 0 aromatic heterocycles. The molecule has 2 nitrogen and oxygen atoms in total. The quantitative estimate of drug-likeness (QED) is 0.464. The molecule has 0 unspecified atom stereocenters. The van der Waals surface area contributed by atoms with Gasteiger partial charge < -0.3 is 10.2 Å². The van der Waals surface area contributed by atoms with Crippen molar-refractivity contribution in [2.45, 2.75) is 52.9 Å². The van der Waals surface area contributed by atoms with Crippen LogP contribution in [0.4, 0.5) is 0 Å². The van der Waals surface area contributed by atoms with Gasteiger partial charge in [-0.1, -0.05) is 56.4 Å². The maximum atomic E-state index is 3.51. The Morgan fingerprint density at radius 1 is 1.10 bits per heavy atom. The van der Waals surface area contributed by atoms with E-state index in [1.54, 1.807) is 0 Å². The van der Waals surface area contributed by atoms with Gasteiger partial charge in [0.15, 0.2) is 0 Å². The van der Waals surface area contributed by atoms with Gasteiger partial charge in [0.25, 0.3) is 0 Å². The number of hydrogen-bond donors (Lipinski definition) is 1. The molecule has 3 heteroatoms. The zero-order valence-electron chi connectivity index (χ0n) is 18.5. The van der Waals surface area contributed by atoms with Crippen molar-refractivity contribution in [2.24, 2.45) is 5.41 Å². The highest BCUT2D eigenvalue weighted by molar-refractivity contribution is 8.03. The average Bonchev–Trinajstić information content (AvgIpc) is 2.86. The van der Waals surface area contributed by atoms with Crippen molar-refractivity contribution >= 4 is 11.8 Å². The van der Waals surface area contributed by atoms with Crippen LogP contribution in [0.1, 0.15) is 52.9 Å². The zero-order valence-corrected chi connectivity index (χ0v) is 19.3. The van der Waals surface area contributed by atoms with E-state index in [2.05, 4.69) is 92.7 Å². The summed E-state index contributed by atoms with van der Waals surface area (Å²) in [5.41, 5.74) is 5.78. The molecular formula is C26H36N2S. The second-order valence-electron chi connectivity index (χ2n) is 8.32. The molecule has 3 rings (SSSR count). The van der Waals surface area contributed by atoms with E-state index in [4.69, 9.17) is 0 Å². The van der Waals surface area contributed by atoms with Crippen LogP contribution in [-0.2, 0) is 0 Å². The summed E-state index contributed by atoms with van der Waals surface area (Å²) in [5, 5.41) is 3.51. The Balaban J connectivity index is 1.56.